The number of nitrogens with one attached hydrogen (secondary N) is 2. The first-order valence-corrected chi connectivity index (χ1v) is 12.4. The predicted molar refractivity (Wildman–Crippen MR) is 144 cm³/mol. The van der Waals surface area contributed by atoms with Gasteiger partial charge in [-0.3, -0.25) is 9.59 Å². The first-order valence-electron chi connectivity index (χ1n) is 12.4. The molecule has 2 N–H and O–H groups in total. The fraction of sp³-hybridized carbons (Fsp3) is 0.310. The average Bonchev–Trinajstić information content (AvgIpc) is 2.93. The molecule has 8 heteroatoms. The van der Waals surface area contributed by atoms with Gasteiger partial charge in [0.05, 0.1) is 23.5 Å². The molecule has 0 aliphatic carbocycles. The molecule has 0 saturated carbocycles. The highest BCUT2D eigenvalue weighted by atomic mass is 16.2. The molecule has 1 aliphatic rings. The minimum atomic E-state index is -0.571. The van der Waals surface area contributed by atoms with Gasteiger partial charge in [-0.05, 0) is 48.2 Å². The Hall–Kier alpha value is -4.22. The Morgan fingerprint density at radius 1 is 1.08 bits per heavy atom. The Morgan fingerprint density at radius 3 is 2.46 bits per heavy atom. The average molecular weight is 497 g/mol. The third-order valence-corrected chi connectivity index (χ3v) is 6.84. The van der Waals surface area contributed by atoms with Crippen molar-refractivity contribution in [3.63, 3.8) is 0 Å². The van der Waals surface area contributed by atoms with Crippen molar-refractivity contribution >= 4 is 23.3 Å². The maximum absolute atomic E-state index is 13.4. The number of hydrogen-bond donors (Lipinski definition) is 2. The molecule has 1 aliphatic heterocycles. The van der Waals surface area contributed by atoms with Crippen molar-refractivity contribution in [2.24, 2.45) is 0 Å². The van der Waals surface area contributed by atoms with E-state index in [1.807, 2.05) is 67.4 Å². The highest BCUT2D eigenvalue weighted by Crippen LogP contribution is 2.23. The van der Waals surface area contributed by atoms with Gasteiger partial charge in [-0.25, -0.2) is 4.98 Å². The molecule has 0 bridgehead atoms. The number of pyridine rings is 1. The van der Waals surface area contributed by atoms with E-state index in [1.165, 1.54) is 0 Å². The summed E-state index contributed by atoms with van der Waals surface area (Å²) in [6.45, 7) is 5.93. The highest BCUT2D eigenvalue weighted by Gasteiger charge is 2.29. The zero-order valence-electron chi connectivity index (χ0n) is 21.4. The minimum Gasteiger partial charge on any atom is -0.357 e. The summed E-state index contributed by atoms with van der Waals surface area (Å²) in [5.74, 6) is 0.458. The smallest absolute Gasteiger partial charge is 0.247 e. The first-order chi connectivity index (χ1) is 17.9. The molecule has 0 radical (unpaired) electrons. The molecule has 8 nitrogen and oxygen atoms in total. The van der Waals surface area contributed by atoms with Gasteiger partial charge in [0.15, 0.2) is 0 Å². The summed E-state index contributed by atoms with van der Waals surface area (Å²) < 4.78 is 0. The third kappa shape index (κ3) is 6.13. The first kappa shape index (κ1) is 25.9. The van der Waals surface area contributed by atoms with Gasteiger partial charge >= 0.3 is 0 Å². The van der Waals surface area contributed by atoms with Crippen molar-refractivity contribution in [3.05, 3.63) is 89.6 Å². The molecule has 1 fully saturated rings. The fourth-order valence-corrected chi connectivity index (χ4v) is 4.50. The summed E-state index contributed by atoms with van der Waals surface area (Å²) in [4.78, 5) is 33.9. The second kappa shape index (κ2) is 11.7. The van der Waals surface area contributed by atoms with Gasteiger partial charge in [-0.15, -0.1) is 0 Å². The van der Waals surface area contributed by atoms with Crippen LogP contribution in [0.1, 0.15) is 42.5 Å². The normalized spacial score (nSPS) is 17.1. The van der Waals surface area contributed by atoms with Crippen LogP contribution in [0.4, 0.5) is 11.5 Å². The van der Waals surface area contributed by atoms with Crippen molar-refractivity contribution in [3.8, 4) is 6.07 Å². The zero-order valence-corrected chi connectivity index (χ0v) is 21.4. The fourth-order valence-electron chi connectivity index (χ4n) is 4.50. The van der Waals surface area contributed by atoms with Crippen LogP contribution in [0, 0.1) is 11.3 Å². The third-order valence-electron chi connectivity index (χ3n) is 6.84. The van der Waals surface area contributed by atoms with Gasteiger partial charge in [-0.2, -0.15) is 5.26 Å². The number of aromatic nitrogens is 1. The van der Waals surface area contributed by atoms with Crippen LogP contribution in [0.25, 0.3) is 0 Å². The van der Waals surface area contributed by atoms with Gasteiger partial charge in [-0.1, -0.05) is 49.4 Å². The van der Waals surface area contributed by atoms with E-state index in [0.717, 1.165) is 23.4 Å². The molecule has 1 saturated heterocycles. The van der Waals surface area contributed by atoms with Crippen LogP contribution in [-0.4, -0.2) is 54.4 Å². The topological polar surface area (TPSA) is 101 Å². The number of benzene rings is 2. The number of likely N-dealkylation sites (N-methyl/N-ethyl adjacent to an activating group) is 1. The van der Waals surface area contributed by atoms with Crippen LogP contribution in [0.3, 0.4) is 0 Å². The van der Waals surface area contributed by atoms with Crippen LogP contribution >= 0.6 is 0 Å². The number of piperazine rings is 1. The maximum Gasteiger partial charge on any atom is 0.247 e. The van der Waals surface area contributed by atoms with Crippen molar-refractivity contribution in [1.29, 1.82) is 5.26 Å². The van der Waals surface area contributed by atoms with Crippen molar-refractivity contribution in [2.75, 3.05) is 36.9 Å². The lowest BCUT2D eigenvalue weighted by Gasteiger charge is -2.38. The molecular weight excluding hydrogens is 464 g/mol. The molecule has 4 rings (SSSR count). The predicted octanol–water partition coefficient (Wildman–Crippen LogP) is 3.69. The van der Waals surface area contributed by atoms with Crippen LogP contribution in [0.5, 0.6) is 0 Å². The molecule has 190 valence electrons. The summed E-state index contributed by atoms with van der Waals surface area (Å²) in [6, 6.07) is 22.1. The van der Waals surface area contributed by atoms with Gasteiger partial charge in [0, 0.05) is 26.7 Å². The van der Waals surface area contributed by atoms with Crippen LogP contribution in [-0.2, 0) is 9.59 Å². The van der Waals surface area contributed by atoms with Gasteiger partial charge in [0.25, 0.3) is 0 Å². The number of anilines is 2. The summed E-state index contributed by atoms with van der Waals surface area (Å²) in [5, 5.41) is 15.4. The van der Waals surface area contributed by atoms with E-state index in [-0.39, 0.29) is 23.8 Å². The molecule has 37 heavy (non-hydrogen) atoms. The number of amides is 2. The maximum atomic E-state index is 13.4. The minimum absolute atomic E-state index is 0.0793. The van der Waals surface area contributed by atoms with Crippen LogP contribution < -0.4 is 15.5 Å². The molecule has 2 aromatic carbocycles. The van der Waals surface area contributed by atoms with E-state index in [0.29, 0.717) is 24.5 Å². The summed E-state index contributed by atoms with van der Waals surface area (Å²) in [6.07, 6.45) is 1.70. The van der Waals surface area contributed by atoms with Crippen molar-refractivity contribution in [2.45, 2.75) is 31.8 Å². The Labute approximate surface area is 217 Å². The van der Waals surface area contributed by atoms with E-state index < -0.39 is 6.04 Å². The van der Waals surface area contributed by atoms with E-state index in [2.05, 4.69) is 28.6 Å². The number of carbonyl (C=O) groups excluding carboxylic acids is 2. The lowest BCUT2D eigenvalue weighted by molar-refractivity contribution is -0.132. The van der Waals surface area contributed by atoms with E-state index in [1.54, 1.807) is 29.3 Å². The SMILES string of the molecule is CC1C(=O)N(C)CCN1c1ccc(NC(=O)[C@H](NC[C@H](C)c2ccc(C#N)cc2)c2ccccc2)nc1. The Bertz CT molecular complexity index is 1250. The quantitative estimate of drug-likeness (QED) is 0.493. The monoisotopic (exact) mass is 496 g/mol. The second-order valence-corrected chi connectivity index (χ2v) is 9.41. The molecule has 2 amide bonds. The van der Waals surface area contributed by atoms with E-state index in [9.17, 15) is 9.59 Å². The van der Waals surface area contributed by atoms with E-state index >= 15 is 0 Å². The van der Waals surface area contributed by atoms with Crippen LogP contribution in [0.2, 0.25) is 0 Å². The Morgan fingerprint density at radius 2 is 1.81 bits per heavy atom. The molecule has 1 aromatic heterocycles. The summed E-state index contributed by atoms with van der Waals surface area (Å²) in [5.41, 5.74) is 3.42. The number of nitriles is 1. The Kier molecular flexibility index (Phi) is 8.16. The molecule has 3 aromatic rings. The molecule has 3 atom stereocenters. The Balaban J connectivity index is 1.44. The number of hydrogen-bond acceptors (Lipinski definition) is 6. The zero-order chi connectivity index (χ0) is 26.4. The van der Waals surface area contributed by atoms with Crippen LogP contribution in [0.15, 0.2) is 72.9 Å². The molecule has 1 unspecified atom stereocenters. The lowest BCUT2D eigenvalue weighted by atomic mass is 9.98. The molecule has 0 spiro atoms. The number of nitrogens with zero attached hydrogens (tertiary/aromatic N) is 4. The van der Waals surface area contributed by atoms with E-state index in [4.69, 9.17) is 5.26 Å². The molecular formula is C29H32N6O2. The van der Waals surface area contributed by atoms with Crippen molar-refractivity contribution in [1.82, 2.24) is 15.2 Å². The second-order valence-electron chi connectivity index (χ2n) is 9.41. The number of carbonyl (C=O) groups is 2. The van der Waals surface area contributed by atoms with Crippen molar-refractivity contribution < 1.29 is 9.59 Å². The van der Waals surface area contributed by atoms with Gasteiger partial charge in [0.2, 0.25) is 11.8 Å². The highest BCUT2D eigenvalue weighted by molar-refractivity contribution is 5.95. The van der Waals surface area contributed by atoms with Gasteiger partial charge in [0.1, 0.15) is 17.9 Å². The summed E-state index contributed by atoms with van der Waals surface area (Å²) in [7, 11) is 1.81. The summed E-state index contributed by atoms with van der Waals surface area (Å²) >= 11 is 0. The van der Waals surface area contributed by atoms with Gasteiger partial charge < -0.3 is 20.4 Å². The number of rotatable bonds is 8. The molecule has 2 heterocycles. The standard InChI is InChI=1S/C29H32N6O2/c1-20(23-11-9-22(17-30)10-12-23)18-32-27(24-7-5-4-6-8-24)28(36)33-26-14-13-25(19-31-26)35-16-15-34(3)29(37)21(35)2/h4-14,19-21,27,32H,15-16,18H2,1-3H3,(H,31,33,36)/t20-,21?,27+/m0/s1. The largest absolute Gasteiger partial charge is 0.357 e. The lowest BCUT2D eigenvalue weighted by Crippen LogP contribution is -2.54.